The van der Waals surface area contributed by atoms with Crippen LogP contribution in [0.2, 0.25) is 0 Å². The molecule has 18 heavy (non-hydrogen) atoms. The topological polar surface area (TPSA) is 43.8 Å². The number of nitrogens with zero attached hydrogens (tertiary/aromatic N) is 2. The maximum absolute atomic E-state index is 5.97. The summed E-state index contributed by atoms with van der Waals surface area (Å²) < 4.78 is 2.19. The summed E-state index contributed by atoms with van der Waals surface area (Å²) in [7, 11) is 0. The van der Waals surface area contributed by atoms with Crippen LogP contribution in [-0.4, -0.2) is 15.6 Å². The van der Waals surface area contributed by atoms with Gasteiger partial charge in [-0.2, -0.15) is 0 Å². The van der Waals surface area contributed by atoms with Gasteiger partial charge in [0.1, 0.15) is 0 Å². The molecule has 0 saturated carbocycles. The summed E-state index contributed by atoms with van der Waals surface area (Å²) in [6.45, 7) is 5.06. The Morgan fingerprint density at radius 3 is 2.89 bits per heavy atom. The van der Waals surface area contributed by atoms with Crippen molar-refractivity contribution >= 4 is 0 Å². The van der Waals surface area contributed by atoms with Crippen LogP contribution < -0.4 is 5.73 Å². The van der Waals surface area contributed by atoms with E-state index in [4.69, 9.17) is 5.73 Å². The lowest BCUT2D eigenvalue weighted by molar-refractivity contribution is 0.645. The lowest BCUT2D eigenvalue weighted by atomic mass is 10.1. The normalized spacial score (nSPS) is 12.6. The van der Waals surface area contributed by atoms with E-state index in [9.17, 15) is 0 Å². The van der Waals surface area contributed by atoms with Crippen LogP contribution in [0, 0.1) is 6.92 Å². The second-order valence-electron chi connectivity index (χ2n) is 4.94. The van der Waals surface area contributed by atoms with Gasteiger partial charge >= 0.3 is 0 Å². The molecule has 0 aliphatic rings. The Morgan fingerprint density at radius 1 is 1.33 bits per heavy atom. The van der Waals surface area contributed by atoms with Gasteiger partial charge in [0.2, 0.25) is 0 Å². The quantitative estimate of drug-likeness (QED) is 0.877. The summed E-state index contributed by atoms with van der Waals surface area (Å²) in [6.07, 6.45) is 10.1. The van der Waals surface area contributed by atoms with E-state index in [2.05, 4.69) is 47.9 Å². The molecule has 0 bridgehead atoms. The molecule has 0 aromatic carbocycles. The summed E-state index contributed by atoms with van der Waals surface area (Å²) in [4.78, 5) is 4.22. The first-order valence-electron chi connectivity index (χ1n) is 6.48. The number of rotatable bonds is 5. The maximum Gasteiger partial charge on any atom is 0.0485 e. The Labute approximate surface area is 109 Å². The third kappa shape index (κ3) is 3.44. The molecule has 96 valence electrons. The molecule has 2 heterocycles. The van der Waals surface area contributed by atoms with Crippen molar-refractivity contribution in [2.75, 3.05) is 0 Å². The number of aromatic nitrogens is 2. The highest BCUT2D eigenvalue weighted by Crippen LogP contribution is 2.09. The van der Waals surface area contributed by atoms with Crippen molar-refractivity contribution in [2.24, 2.45) is 5.73 Å². The van der Waals surface area contributed by atoms with Crippen LogP contribution >= 0.6 is 0 Å². The van der Waals surface area contributed by atoms with Gasteiger partial charge in [-0.05, 0) is 42.5 Å². The molecule has 3 nitrogen and oxygen atoms in total. The molecule has 0 spiro atoms. The van der Waals surface area contributed by atoms with Crippen LogP contribution in [0.4, 0.5) is 0 Å². The highest BCUT2D eigenvalue weighted by Gasteiger charge is 2.03. The predicted molar refractivity (Wildman–Crippen MR) is 74.5 cm³/mol. The monoisotopic (exact) mass is 243 g/mol. The van der Waals surface area contributed by atoms with Crippen molar-refractivity contribution in [1.29, 1.82) is 0 Å². The molecule has 2 N–H and O–H groups in total. The molecule has 2 aromatic heterocycles. The summed E-state index contributed by atoms with van der Waals surface area (Å²) in [5.41, 5.74) is 9.71. The third-order valence-electron chi connectivity index (χ3n) is 3.13. The molecule has 0 saturated heterocycles. The number of pyridine rings is 1. The molecule has 2 rings (SSSR count). The van der Waals surface area contributed by atoms with E-state index in [0.29, 0.717) is 0 Å². The summed E-state index contributed by atoms with van der Waals surface area (Å²) >= 11 is 0. The number of hydrogen-bond acceptors (Lipinski definition) is 2. The Kier molecular flexibility index (Phi) is 4.15. The smallest absolute Gasteiger partial charge is 0.0485 e. The minimum Gasteiger partial charge on any atom is -0.350 e. The standard InChI is InChI=1S/C15H21N3/c1-3-15(16)7-13-4-5-18(10-13)11-14-6-12(2)8-17-9-14/h4-6,8-10,15H,3,7,11,16H2,1-2H3. The molecule has 0 aliphatic carbocycles. The van der Waals surface area contributed by atoms with Crippen molar-refractivity contribution in [3.05, 3.63) is 53.6 Å². The third-order valence-corrected chi connectivity index (χ3v) is 3.13. The Bertz CT molecular complexity index is 502. The molecule has 0 radical (unpaired) electrons. The van der Waals surface area contributed by atoms with Gasteiger partial charge in [-0.15, -0.1) is 0 Å². The molecule has 0 fully saturated rings. The SMILES string of the molecule is CCC(N)Cc1ccn(Cc2cncc(C)c2)c1. The van der Waals surface area contributed by atoms with Crippen molar-refractivity contribution in [2.45, 2.75) is 39.3 Å². The second kappa shape index (κ2) is 5.83. The number of hydrogen-bond donors (Lipinski definition) is 1. The Balaban J connectivity index is 2.02. The first-order valence-corrected chi connectivity index (χ1v) is 6.48. The van der Waals surface area contributed by atoms with Gasteiger partial charge in [-0.25, -0.2) is 0 Å². The van der Waals surface area contributed by atoms with Crippen LogP contribution in [0.3, 0.4) is 0 Å². The number of nitrogens with two attached hydrogens (primary N) is 1. The maximum atomic E-state index is 5.97. The highest BCUT2D eigenvalue weighted by atomic mass is 14.9. The minimum atomic E-state index is 0.265. The molecule has 2 aromatic rings. The molecule has 0 aliphatic heterocycles. The molecular formula is C15H21N3. The minimum absolute atomic E-state index is 0.265. The average molecular weight is 243 g/mol. The van der Waals surface area contributed by atoms with Crippen LogP contribution in [0.25, 0.3) is 0 Å². The van der Waals surface area contributed by atoms with Crippen LogP contribution in [0.1, 0.15) is 30.0 Å². The van der Waals surface area contributed by atoms with Crippen molar-refractivity contribution in [3.8, 4) is 0 Å². The van der Waals surface area contributed by atoms with Gasteiger partial charge < -0.3 is 10.3 Å². The van der Waals surface area contributed by atoms with Gasteiger partial charge in [-0.3, -0.25) is 4.98 Å². The van der Waals surface area contributed by atoms with Crippen LogP contribution in [0.15, 0.2) is 36.9 Å². The summed E-state index contributed by atoms with van der Waals surface area (Å²) in [5, 5.41) is 0. The zero-order valence-electron chi connectivity index (χ0n) is 11.1. The van der Waals surface area contributed by atoms with E-state index in [1.54, 1.807) is 0 Å². The average Bonchev–Trinajstić information content (AvgIpc) is 2.76. The second-order valence-corrected chi connectivity index (χ2v) is 4.94. The predicted octanol–water partition coefficient (Wildman–Crippen LogP) is 2.52. The van der Waals surface area contributed by atoms with Gasteiger partial charge in [0.25, 0.3) is 0 Å². The zero-order valence-corrected chi connectivity index (χ0v) is 11.1. The lowest BCUT2D eigenvalue weighted by Crippen LogP contribution is -2.21. The first kappa shape index (κ1) is 12.8. The summed E-state index contributed by atoms with van der Waals surface area (Å²) in [6, 6.07) is 4.59. The molecule has 1 atom stereocenters. The largest absolute Gasteiger partial charge is 0.350 e. The molecule has 3 heteroatoms. The van der Waals surface area contributed by atoms with Gasteiger partial charge in [0, 0.05) is 37.4 Å². The highest BCUT2D eigenvalue weighted by molar-refractivity contribution is 5.19. The lowest BCUT2D eigenvalue weighted by Gasteiger charge is -2.06. The summed E-state index contributed by atoms with van der Waals surface area (Å²) in [5.74, 6) is 0. The molecular weight excluding hydrogens is 222 g/mol. The van der Waals surface area contributed by atoms with E-state index in [1.807, 2.05) is 12.4 Å². The van der Waals surface area contributed by atoms with Crippen molar-refractivity contribution in [1.82, 2.24) is 9.55 Å². The molecule has 0 amide bonds. The van der Waals surface area contributed by atoms with Gasteiger partial charge in [0.15, 0.2) is 0 Å². The zero-order chi connectivity index (χ0) is 13.0. The Hall–Kier alpha value is -1.61. The fourth-order valence-corrected chi connectivity index (χ4v) is 2.07. The van der Waals surface area contributed by atoms with E-state index in [-0.39, 0.29) is 6.04 Å². The Morgan fingerprint density at radius 2 is 2.17 bits per heavy atom. The van der Waals surface area contributed by atoms with E-state index >= 15 is 0 Å². The first-order chi connectivity index (χ1) is 8.67. The van der Waals surface area contributed by atoms with E-state index in [0.717, 1.165) is 19.4 Å². The van der Waals surface area contributed by atoms with Gasteiger partial charge in [-0.1, -0.05) is 13.0 Å². The van der Waals surface area contributed by atoms with Crippen LogP contribution in [0.5, 0.6) is 0 Å². The van der Waals surface area contributed by atoms with E-state index < -0.39 is 0 Å². The van der Waals surface area contributed by atoms with Gasteiger partial charge in [0.05, 0.1) is 0 Å². The fourth-order valence-electron chi connectivity index (χ4n) is 2.07. The number of aryl methyl sites for hydroxylation is 1. The molecule has 1 unspecified atom stereocenters. The van der Waals surface area contributed by atoms with Crippen LogP contribution in [-0.2, 0) is 13.0 Å². The van der Waals surface area contributed by atoms with E-state index in [1.165, 1.54) is 16.7 Å². The van der Waals surface area contributed by atoms with Crippen molar-refractivity contribution < 1.29 is 0 Å². The fraction of sp³-hybridized carbons (Fsp3) is 0.400. The van der Waals surface area contributed by atoms with Crippen molar-refractivity contribution in [3.63, 3.8) is 0 Å².